The Bertz CT molecular complexity index is 1060. The highest BCUT2D eigenvalue weighted by Gasteiger charge is 2.66. The summed E-state index contributed by atoms with van der Waals surface area (Å²) < 4.78 is 6.21. The predicted octanol–water partition coefficient (Wildman–Crippen LogP) is 7.46. The molecule has 0 bridgehead atoms. The summed E-state index contributed by atoms with van der Waals surface area (Å²) in [5.41, 5.74) is 3.87. The van der Waals surface area contributed by atoms with Gasteiger partial charge in [-0.3, -0.25) is 0 Å². The zero-order valence-electron chi connectivity index (χ0n) is 20.9. The average Bonchev–Trinajstić information content (AvgIpc) is 3.10. The quantitative estimate of drug-likeness (QED) is 0.473. The molecular formula is C32H40O2. The second-order valence-corrected chi connectivity index (χ2v) is 11.9. The summed E-state index contributed by atoms with van der Waals surface area (Å²) in [7, 11) is 0. The maximum Gasteiger partial charge on any atom is 0.120 e. The summed E-state index contributed by atoms with van der Waals surface area (Å²) in [5.74, 6) is 4.15. The molecule has 2 aromatic rings. The minimum Gasteiger partial charge on any atom is -0.489 e. The molecule has 6 rings (SSSR count). The second kappa shape index (κ2) is 8.55. The zero-order valence-corrected chi connectivity index (χ0v) is 20.9. The second-order valence-electron chi connectivity index (χ2n) is 11.9. The lowest BCUT2D eigenvalue weighted by Crippen LogP contribution is -2.54. The van der Waals surface area contributed by atoms with Crippen molar-refractivity contribution < 1.29 is 9.84 Å². The van der Waals surface area contributed by atoms with Gasteiger partial charge in [0.15, 0.2) is 0 Å². The molecule has 0 amide bonds. The van der Waals surface area contributed by atoms with Crippen LogP contribution in [-0.4, -0.2) is 10.7 Å². The van der Waals surface area contributed by atoms with E-state index in [-0.39, 0.29) is 5.41 Å². The van der Waals surface area contributed by atoms with E-state index in [1.807, 2.05) is 0 Å². The van der Waals surface area contributed by atoms with E-state index in [9.17, 15) is 5.11 Å². The average molecular weight is 457 g/mol. The largest absolute Gasteiger partial charge is 0.489 e. The molecule has 2 aromatic carbocycles. The first-order valence-corrected chi connectivity index (χ1v) is 13.7. The molecule has 1 N–H and O–H groups in total. The lowest BCUT2D eigenvalue weighted by molar-refractivity contribution is -0.126. The minimum atomic E-state index is -0.496. The van der Waals surface area contributed by atoms with E-state index in [1.54, 1.807) is 5.56 Å². The molecule has 2 nitrogen and oxygen atoms in total. The number of allylic oxidation sites excluding steroid dienone is 1. The summed E-state index contributed by atoms with van der Waals surface area (Å²) in [5, 5.41) is 12.0. The lowest BCUT2D eigenvalue weighted by atomic mass is 9.50. The molecule has 7 atom stereocenters. The van der Waals surface area contributed by atoms with Crippen LogP contribution in [0.3, 0.4) is 0 Å². The van der Waals surface area contributed by atoms with Gasteiger partial charge in [-0.05, 0) is 96.9 Å². The van der Waals surface area contributed by atoms with E-state index in [4.69, 9.17) is 4.74 Å². The van der Waals surface area contributed by atoms with Crippen LogP contribution >= 0.6 is 0 Å². The van der Waals surface area contributed by atoms with Crippen molar-refractivity contribution in [2.24, 2.45) is 29.1 Å². The third-order valence-electron chi connectivity index (χ3n) is 10.4. The number of rotatable bonds is 5. The Labute approximate surface area is 205 Å². The summed E-state index contributed by atoms with van der Waals surface area (Å²) in [6.07, 6.45) is 13.8. The SMILES string of the molecule is CCCC1Cc2cc(OCc3ccccc3)ccc2C2CC[C@@]3(C)C(C[C@H]4CC=CC[C@]43O)C12. The molecule has 4 unspecified atom stereocenters. The molecule has 0 aliphatic heterocycles. The number of fused-ring (bicyclic) bond motifs is 7. The third-order valence-corrected chi connectivity index (χ3v) is 10.4. The van der Waals surface area contributed by atoms with Gasteiger partial charge in [0.05, 0.1) is 5.60 Å². The van der Waals surface area contributed by atoms with Crippen molar-refractivity contribution >= 4 is 0 Å². The monoisotopic (exact) mass is 456 g/mol. The highest BCUT2D eigenvalue weighted by molar-refractivity contribution is 5.42. The van der Waals surface area contributed by atoms with Crippen molar-refractivity contribution in [3.63, 3.8) is 0 Å². The van der Waals surface area contributed by atoms with Crippen LogP contribution in [0.2, 0.25) is 0 Å². The molecule has 0 aromatic heterocycles. The fourth-order valence-electron chi connectivity index (χ4n) is 8.73. The summed E-state index contributed by atoms with van der Waals surface area (Å²) in [4.78, 5) is 0. The maximum atomic E-state index is 12.0. The van der Waals surface area contributed by atoms with Crippen LogP contribution in [0.5, 0.6) is 5.75 Å². The molecule has 4 aliphatic carbocycles. The Kier molecular flexibility index (Phi) is 5.64. The van der Waals surface area contributed by atoms with Crippen molar-refractivity contribution in [1.29, 1.82) is 0 Å². The van der Waals surface area contributed by atoms with Crippen molar-refractivity contribution in [3.05, 3.63) is 77.4 Å². The Hall–Kier alpha value is -2.06. The maximum absolute atomic E-state index is 12.0. The van der Waals surface area contributed by atoms with Gasteiger partial charge in [0.25, 0.3) is 0 Å². The van der Waals surface area contributed by atoms with E-state index < -0.39 is 5.60 Å². The van der Waals surface area contributed by atoms with Crippen LogP contribution in [0.1, 0.15) is 81.4 Å². The van der Waals surface area contributed by atoms with Crippen LogP contribution in [0, 0.1) is 29.1 Å². The highest BCUT2D eigenvalue weighted by atomic mass is 16.5. The molecule has 180 valence electrons. The molecule has 0 saturated heterocycles. The Morgan fingerprint density at radius 3 is 2.76 bits per heavy atom. The van der Waals surface area contributed by atoms with Crippen molar-refractivity contribution in [2.45, 2.75) is 83.3 Å². The topological polar surface area (TPSA) is 29.5 Å². The van der Waals surface area contributed by atoms with E-state index in [2.05, 4.69) is 74.5 Å². The molecule has 2 heteroatoms. The van der Waals surface area contributed by atoms with Crippen molar-refractivity contribution in [1.82, 2.24) is 0 Å². The first-order valence-electron chi connectivity index (χ1n) is 13.7. The fourth-order valence-corrected chi connectivity index (χ4v) is 8.73. The van der Waals surface area contributed by atoms with Gasteiger partial charge in [0.1, 0.15) is 12.4 Å². The van der Waals surface area contributed by atoms with Crippen LogP contribution in [-0.2, 0) is 13.0 Å². The van der Waals surface area contributed by atoms with Gasteiger partial charge < -0.3 is 9.84 Å². The summed E-state index contributed by atoms with van der Waals surface area (Å²) >= 11 is 0. The molecule has 0 radical (unpaired) electrons. The molecule has 2 saturated carbocycles. The Morgan fingerprint density at radius 2 is 1.94 bits per heavy atom. The van der Waals surface area contributed by atoms with E-state index >= 15 is 0 Å². The third kappa shape index (κ3) is 3.40. The van der Waals surface area contributed by atoms with Crippen LogP contribution in [0.25, 0.3) is 0 Å². The number of ether oxygens (including phenoxy) is 1. The van der Waals surface area contributed by atoms with E-state index in [0.29, 0.717) is 36.2 Å². The van der Waals surface area contributed by atoms with Gasteiger partial charge in [0, 0.05) is 5.41 Å². The summed E-state index contributed by atoms with van der Waals surface area (Å²) in [6.45, 7) is 5.42. The highest BCUT2D eigenvalue weighted by Crippen LogP contribution is 2.69. The van der Waals surface area contributed by atoms with Crippen molar-refractivity contribution in [3.8, 4) is 5.75 Å². The molecule has 0 spiro atoms. The van der Waals surface area contributed by atoms with Crippen LogP contribution in [0.15, 0.2) is 60.7 Å². The minimum absolute atomic E-state index is 0.0613. The van der Waals surface area contributed by atoms with Gasteiger partial charge in [0.2, 0.25) is 0 Å². The lowest BCUT2D eigenvalue weighted by Gasteiger charge is -2.56. The number of benzene rings is 2. The first-order chi connectivity index (χ1) is 16.5. The van der Waals surface area contributed by atoms with E-state index in [1.165, 1.54) is 43.2 Å². The molecule has 0 heterocycles. The van der Waals surface area contributed by atoms with Crippen LogP contribution in [0.4, 0.5) is 0 Å². The van der Waals surface area contributed by atoms with Gasteiger partial charge in [-0.2, -0.15) is 0 Å². The van der Waals surface area contributed by atoms with Crippen LogP contribution < -0.4 is 4.74 Å². The van der Waals surface area contributed by atoms with E-state index in [0.717, 1.165) is 25.0 Å². The zero-order chi connectivity index (χ0) is 23.3. The number of hydrogen-bond donors (Lipinski definition) is 1. The first kappa shape index (κ1) is 22.4. The van der Waals surface area contributed by atoms with Gasteiger partial charge in [-0.25, -0.2) is 0 Å². The molecule has 4 aliphatic rings. The van der Waals surface area contributed by atoms with Gasteiger partial charge in [-0.1, -0.05) is 75.2 Å². The molecule has 2 fully saturated rings. The molecular weight excluding hydrogens is 416 g/mol. The van der Waals surface area contributed by atoms with Gasteiger partial charge in [-0.15, -0.1) is 0 Å². The summed E-state index contributed by atoms with van der Waals surface area (Å²) in [6, 6.07) is 17.4. The Balaban J connectivity index is 1.30. The molecule has 34 heavy (non-hydrogen) atoms. The predicted molar refractivity (Wildman–Crippen MR) is 138 cm³/mol. The fraction of sp³-hybridized carbons (Fsp3) is 0.562. The van der Waals surface area contributed by atoms with Gasteiger partial charge >= 0.3 is 0 Å². The Morgan fingerprint density at radius 1 is 1.09 bits per heavy atom. The smallest absolute Gasteiger partial charge is 0.120 e. The standard InChI is InChI=1S/C32H40O2/c1-3-9-23-18-24-19-26(34-21-22-10-5-4-6-11-22)13-14-27(24)28-15-17-31(2)29(30(23)28)20-25-12-7-8-16-32(25,31)33/h4-8,10-11,13-14,19,23,25,28-30,33H,3,9,12,15-18,20-21H2,1-2H3/t23?,25-,28?,29?,30?,31+,32+/m1/s1. The number of hydrogen-bond acceptors (Lipinski definition) is 2. The van der Waals surface area contributed by atoms with Crippen molar-refractivity contribution in [2.75, 3.05) is 0 Å². The number of aliphatic hydroxyl groups is 1. The normalized spacial score (nSPS) is 37.9.